The number of aromatic nitrogens is 2. The number of aryl methyl sites for hydroxylation is 1. The maximum absolute atomic E-state index is 13.1. The van der Waals surface area contributed by atoms with Crippen LogP contribution >= 0.6 is 0 Å². The lowest BCUT2D eigenvalue weighted by Gasteiger charge is -2.00. The first-order valence-corrected chi connectivity index (χ1v) is 8.11. The number of amides is 1. The maximum atomic E-state index is 13.1. The fraction of sp³-hybridized carbons (Fsp3) is 0.100. The second-order valence-electron chi connectivity index (χ2n) is 5.73. The highest BCUT2D eigenvalue weighted by molar-refractivity contribution is 6.13. The highest BCUT2D eigenvalue weighted by atomic mass is 16.5. The minimum atomic E-state index is -0.876. The molecule has 8 heteroatoms. The van der Waals surface area contributed by atoms with Gasteiger partial charge in [0, 0.05) is 29.3 Å². The van der Waals surface area contributed by atoms with Crippen LogP contribution in [-0.2, 0) is 9.53 Å². The smallest absolute Gasteiger partial charge is 0.355 e. The molecular formula is C20H15N3O5. The van der Waals surface area contributed by atoms with E-state index in [4.69, 9.17) is 15.0 Å². The van der Waals surface area contributed by atoms with Gasteiger partial charge in [0.15, 0.2) is 5.78 Å². The molecule has 2 aromatic heterocycles. The summed E-state index contributed by atoms with van der Waals surface area (Å²) in [7, 11) is 1.19. The summed E-state index contributed by atoms with van der Waals surface area (Å²) in [5.74, 6) is 0.441. The molecule has 0 bridgehead atoms. The van der Waals surface area contributed by atoms with Crippen LogP contribution in [0.3, 0.4) is 0 Å². The van der Waals surface area contributed by atoms with Gasteiger partial charge in [0.05, 0.1) is 12.7 Å². The zero-order valence-corrected chi connectivity index (χ0v) is 15.1. The molecule has 0 aliphatic heterocycles. The van der Waals surface area contributed by atoms with Gasteiger partial charge in [0.2, 0.25) is 0 Å². The van der Waals surface area contributed by atoms with Gasteiger partial charge in [-0.3, -0.25) is 14.2 Å². The molecular weight excluding hydrogens is 362 g/mol. The number of methoxy groups -OCH3 is 1. The lowest BCUT2D eigenvalue weighted by atomic mass is 10.00. The van der Waals surface area contributed by atoms with Gasteiger partial charge in [-0.25, -0.2) is 4.79 Å². The Hall–Kier alpha value is -4.12. The number of hydrogen-bond donors (Lipinski definition) is 1. The molecule has 0 atom stereocenters. The molecule has 2 N–H and O–H groups in total. The summed E-state index contributed by atoms with van der Waals surface area (Å²) in [6, 6.07) is 12.8. The summed E-state index contributed by atoms with van der Waals surface area (Å²) in [6.07, 6.45) is 1.33. The Balaban J connectivity index is 2.10. The van der Waals surface area contributed by atoms with E-state index in [1.54, 1.807) is 19.1 Å². The van der Waals surface area contributed by atoms with Crippen LogP contribution in [0, 0.1) is 18.9 Å². The van der Waals surface area contributed by atoms with Crippen molar-refractivity contribution in [2.75, 3.05) is 7.11 Å². The molecule has 140 valence electrons. The first-order valence-electron chi connectivity index (χ1n) is 8.11. The molecule has 3 aromatic rings. The largest absolute Gasteiger partial charge is 0.464 e. The Morgan fingerprint density at radius 2 is 1.93 bits per heavy atom. The number of ketones is 1. The Labute approximate surface area is 159 Å². The third-order valence-electron chi connectivity index (χ3n) is 3.91. The summed E-state index contributed by atoms with van der Waals surface area (Å²) in [4.78, 5) is 36.0. The van der Waals surface area contributed by atoms with Crippen LogP contribution in [0.5, 0.6) is 0 Å². The van der Waals surface area contributed by atoms with Crippen molar-refractivity contribution in [3.05, 3.63) is 65.2 Å². The normalized spacial score (nSPS) is 10.1. The molecule has 0 spiro atoms. The zero-order valence-electron chi connectivity index (χ0n) is 15.1. The van der Waals surface area contributed by atoms with Crippen molar-refractivity contribution in [1.82, 2.24) is 9.72 Å². The van der Waals surface area contributed by atoms with Crippen molar-refractivity contribution >= 4 is 17.7 Å². The third kappa shape index (κ3) is 3.54. The average molecular weight is 377 g/mol. The molecule has 0 unspecified atom stereocenters. The zero-order chi connectivity index (χ0) is 20.3. The van der Waals surface area contributed by atoms with Crippen LogP contribution < -0.4 is 5.73 Å². The van der Waals surface area contributed by atoms with Crippen molar-refractivity contribution in [1.29, 1.82) is 0 Å². The van der Waals surface area contributed by atoms with Crippen molar-refractivity contribution in [2.45, 2.75) is 6.92 Å². The highest BCUT2D eigenvalue weighted by Gasteiger charge is 2.25. The fourth-order valence-electron chi connectivity index (χ4n) is 2.63. The van der Waals surface area contributed by atoms with Gasteiger partial charge < -0.3 is 15.0 Å². The molecule has 1 amide bonds. The predicted octanol–water partition coefficient (Wildman–Crippen LogP) is 1.76. The summed E-state index contributed by atoms with van der Waals surface area (Å²) >= 11 is 0. The van der Waals surface area contributed by atoms with Gasteiger partial charge in [0.1, 0.15) is 17.1 Å². The number of primary amides is 1. The molecule has 8 nitrogen and oxygen atoms in total. The molecule has 3 rings (SSSR count). The SMILES string of the molecule is COC(=O)c1cc(C(=O)c2c(-c3ccccc3)noc2C)cn1C#CC(N)=O. The number of nitrogens with zero attached hydrogens (tertiary/aromatic N) is 2. The Morgan fingerprint density at radius 1 is 1.21 bits per heavy atom. The highest BCUT2D eigenvalue weighted by Crippen LogP contribution is 2.28. The standard InChI is InChI=1S/C20H15N3O5/c1-12-17(18(22-28-12)13-6-4-3-5-7-13)19(25)14-10-15(20(26)27-2)23(11-14)9-8-16(21)24/h3-7,10-11H,1-2H3,(H2,21,24). The van der Waals surface area contributed by atoms with E-state index in [1.165, 1.54) is 19.4 Å². The van der Waals surface area contributed by atoms with E-state index < -0.39 is 17.7 Å². The fourth-order valence-corrected chi connectivity index (χ4v) is 2.63. The summed E-state index contributed by atoms with van der Waals surface area (Å²) in [5, 5.41) is 3.99. The maximum Gasteiger partial charge on any atom is 0.355 e. The Morgan fingerprint density at radius 3 is 2.57 bits per heavy atom. The minimum Gasteiger partial charge on any atom is -0.464 e. The van der Waals surface area contributed by atoms with Gasteiger partial charge in [-0.2, -0.15) is 0 Å². The molecule has 0 aliphatic rings. The molecule has 28 heavy (non-hydrogen) atoms. The van der Waals surface area contributed by atoms with Gasteiger partial charge in [-0.1, -0.05) is 35.5 Å². The van der Waals surface area contributed by atoms with Crippen LogP contribution in [0.2, 0.25) is 0 Å². The van der Waals surface area contributed by atoms with Gasteiger partial charge in [-0.05, 0) is 13.0 Å². The van der Waals surface area contributed by atoms with E-state index >= 15 is 0 Å². The number of esters is 1. The van der Waals surface area contributed by atoms with E-state index in [2.05, 4.69) is 17.1 Å². The molecule has 0 aliphatic carbocycles. The van der Waals surface area contributed by atoms with E-state index in [-0.39, 0.29) is 16.8 Å². The van der Waals surface area contributed by atoms with Crippen molar-refractivity contribution in [3.8, 4) is 23.2 Å². The summed E-state index contributed by atoms with van der Waals surface area (Å²) in [5.41, 5.74) is 6.52. The van der Waals surface area contributed by atoms with E-state index in [0.717, 1.165) is 4.57 Å². The quantitative estimate of drug-likeness (QED) is 0.421. The number of ether oxygens (including phenoxy) is 1. The van der Waals surface area contributed by atoms with Crippen LogP contribution in [0.25, 0.3) is 11.3 Å². The van der Waals surface area contributed by atoms with Crippen LogP contribution in [-0.4, -0.2) is 34.5 Å². The lowest BCUT2D eigenvalue weighted by Crippen LogP contribution is -2.09. The van der Waals surface area contributed by atoms with Gasteiger partial charge >= 0.3 is 5.97 Å². The number of nitrogens with two attached hydrogens (primary N) is 1. The van der Waals surface area contributed by atoms with Crippen LogP contribution in [0.15, 0.2) is 47.1 Å². The van der Waals surface area contributed by atoms with E-state index in [9.17, 15) is 14.4 Å². The number of benzene rings is 1. The van der Waals surface area contributed by atoms with Crippen molar-refractivity contribution in [3.63, 3.8) is 0 Å². The summed E-state index contributed by atoms with van der Waals surface area (Å²) in [6.45, 7) is 1.62. The Kier molecular flexibility index (Phi) is 5.09. The molecule has 1 aromatic carbocycles. The second-order valence-corrected chi connectivity index (χ2v) is 5.73. The predicted molar refractivity (Wildman–Crippen MR) is 98.2 cm³/mol. The van der Waals surface area contributed by atoms with Gasteiger partial charge in [-0.15, -0.1) is 0 Å². The second kappa shape index (κ2) is 7.63. The first kappa shape index (κ1) is 18.7. The minimum absolute atomic E-state index is 0.0185. The van der Waals surface area contributed by atoms with E-state index in [1.807, 2.05) is 18.2 Å². The molecule has 0 fully saturated rings. The third-order valence-corrected chi connectivity index (χ3v) is 3.91. The van der Waals surface area contributed by atoms with E-state index in [0.29, 0.717) is 17.0 Å². The number of hydrogen-bond acceptors (Lipinski definition) is 6. The average Bonchev–Trinajstić information content (AvgIpc) is 3.29. The van der Waals surface area contributed by atoms with Crippen LogP contribution in [0.1, 0.15) is 32.2 Å². The number of rotatable bonds is 4. The molecule has 0 saturated carbocycles. The number of carbonyl (C=O) groups is 3. The van der Waals surface area contributed by atoms with Gasteiger partial charge in [0.25, 0.3) is 5.91 Å². The topological polar surface area (TPSA) is 117 Å². The van der Waals surface area contributed by atoms with Crippen molar-refractivity contribution in [2.24, 2.45) is 5.73 Å². The summed E-state index contributed by atoms with van der Waals surface area (Å²) < 4.78 is 11.0. The van der Waals surface area contributed by atoms with Crippen LogP contribution in [0.4, 0.5) is 0 Å². The monoisotopic (exact) mass is 377 g/mol. The first-order chi connectivity index (χ1) is 13.4. The lowest BCUT2D eigenvalue weighted by molar-refractivity contribution is -0.112. The molecule has 0 radical (unpaired) electrons. The number of carbonyl (C=O) groups excluding carboxylic acids is 3. The molecule has 2 heterocycles. The van der Waals surface area contributed by atoms with Crippen molar-refractivity contribution < 1.29 is 23.6 Å². The molecule has 0 saturated heterocycles. The Bertz CT molecular complexity index is 1130.